The predicted molar refractivity (Wildman–Crippen MR) is 95.5 cm³/mol. The summed E-state index contributed by atoms with van der Waals surface area (Å²) < 4.78 is 32.4. The first kappa shape index (κ1) is 19.8. The van der Waals surface area contributed by atoms with Crippen LogP contribution in [0.25, 0.3) is 0 Å². The van der Waals surface area contributed by atoms with Crippen LogP contribution in [0.3, 0.4) is 0 Å². The number of carbonyl (C=O) groups excluding carboxylic acids is 1. The first-order chi connectivity index (χ1) is 12.0. The smallest absolute Gasteiger partial charge is 0.240 e. The molecule has 1 amide bonds. The number of piperidine rings is 1. The molecule has 3 N–H and O–H groups in total. The number of sulfonamides is 1. The molecule has 2 rings (SSSR count). The molecule has 140 valence electrons. The summed E-state index contributed by atoms with van der Waals surface area (Å²) in [7, 11) is -3.56. The van der Waals surface area contributed by atoms with Gasteiger partial charge in [0, 0.05) is 32.7 Å². The lowest BCUT2D eigenvalue weighted by Gasteiger charge is -2.32. The van der Waals surface area contributed by atoms with Gasteiger partial charge in [-0.15, -0.1) is 0 Å². The van der Waals surface area contributed by atoms with E-state index in [-0.39, 0.29) is 29.9 Å². The first-order valence-electron chi connectivity index (χ1n) is 8.67. The van der Waals surface area contributed by atoms with E-state index in [1.54, 1.807) is 23.1 Å². The van der Waals surface area contributed by atoms with Gasteiger partial charge in [-0.25, -0.2) is 13.1 Å². The molecule has 1 heterocycles. The highest BCUT2D eigenvalue weighted by molar-refractivity contribution is 7.89. The van der Waals surface area contributed by atoms with Gasteiger partial charge >= 0.3 is 0 Å². The number of benzene rings is 1. The maximum atomic E-state index is 12.2. The zero-order chi connectivity index (χ0) is 18.1. The van der Waals surface area contributed by atoms with Gasteiger partial charge < -0.3 is 15.4 Å². The Hall–Kier alpha value is -1.48. The summed E-state index contributed by atoms with van der Waals surface area (Å²) in [4.78, 5) is 14.2. The molecule has 0 radical (unpaired) electrons. The number of amides is 1. The van der Waals surface area contributed by atoms with Crippen molar-refractivity contribution in [1.29, 1.82) is 0 Å². The van der Waals surface area contributed by atoms with Crippen molar-refractivity contribution in [3.8, 4) is 0 Å². The maximum Gasteiger partial charge on any atom is 0.240 e. The van der Waals surface area contributed by atoms with Gasteiger partial charge in [-0.05, 0) is 37.9 Å². The topological polar surface area (TPSA) is 102 Å². The summed E-state index contributed by atoms with van der Waals surface area (Å²) >= 11 is 0. The Morgan fingerprint density at radius 2 is 1.92 bits per heavy atom. The number of rotatable bonds is 9. The number of hydrogen-bond acceptors (Lipinski definition) is 5. The Labute approximate surface area is 149 Å². The van der Waals surface area contributed by atoms with E-state index in [2.05, 4.69) is 4.72 Å². The molecule has 1 saturated heterocycles. The van der Waals surface area contributed by atoms with E-state index in [0.717, 1.165) is 19.3 Å². The van der Waals surface area contributed by atoms with Crippen LogP contribution in [-0.2, 0) is 19.6 Å². The van der Waals surface area contributed by atoms with Crippen LogP contribution < -0.4 is 10.5 Å². The molecule has 0 aliphatic carbocycles. The van der Waals surface area contributed by atoms with Gasteiger partial charge in [0.15, 0.2) is 0 Å². The largest absolute Gasteiger partial charge is 0.378 e. The van der Waals surface area contributed by atoms with Crippen molar-refractivity contribution in [2.24, 2.45) is 5.73 Å². The zero-order valence-electron chi connectivity index (χ0n) is 14.4. The van der Waals surface area contributed by atoms with Crippen LogP contribution >= 0.6 is 0 Å². The van der Waals surface area contributed by atoms with E-state index < -0.39 is 10.0 Å². The standard InChI is InChI=1S/C17H27N3O4S/c18-10-4-14-24-15-8-12-20(13-9-15)17(21)7-11-19-25(22,23)16-5-2-1-3-6-16/h1-3,5-6,15,19H,4,7-14,18H2. The van der Waals surface area contributed by atoms with Crippen molar-refractivity contribution in [2.45, 2.75) is 36.7 Å². The number of nitrogens with zero attached hydrogens (tertiary/aromatic N) is 1. The number of likely N-dealkylation sites (tertiary alicyclic amines) is 1. The van der Waals surface area contributed by atoms with E-state index in [1.807, 2.05) is 0 Å². The van der Waals surface area contributed by atoms with Gasteiger partial charge in [-0.1, -0.05) is 18.2 Å². The van der Waals surface area contributed by atoms with Gasteiger partial charge in [0.25, 0.3) is 0 Å². The van der Waals surface area contributed by atoms with Gasteiger partial charge in [-0.2, -0.15) is 0 Å². The van der Waals surface area contributed by atoms with Crippen molar-refractivity contribution in [2.75, 3.05) is 32.8 Å². The minimum atomic E-state index is -3.56. The van der Waals surface area contributed by atoms with Crippen molar-refractivity contribution < 1.29 is 17.9 Å². The Morgan fingerprint density at radius 1 is 1.24 bits per heavy atom. The molecule has 1 aliphatic rings. The van der Waals surface area contributed by atoms with Crippen LogP contribution in [0.15, 0.2) is 35.2 Å². The minimum absolute atomic E-state index is 0.0313. The molecule has 8 heteroatoms. The Balaban J connectivity index is 1.69. The van der Waals surface area contributed by atoms with Crippen molar-refractivity contribution in [3.63, 3.8) is 0 Å². The summed E-state index contributed by atoms with van der Waals surface area (Å²) in [6, 6.07) is 8.14. The molecule has 0 saturated carbocycles. The van der Waals surface area contributed by atoms with Gasteiger partial charge in [-0.3, -0.25) is 4.79 Å². The van der Waals surface area contributed by atoms with Crippen LogP contribution in [0.5, 0.6) is 0 Å². The second-order valence-corrected chi connectivity index (χ2v) is 7.82. The second-order valence-electron chi connectivity index (χ2n) is 6.05. The molecule has 1 aromatic rings. The summed E-state index contributed by atoms with van der Waals surface area (Å²) in [5.41, 5.74) is 5.44. The van der Waals surface area contributed by atoms with Crippen molar-refractivity contribution >= 4 is 15.9 Å². The molecule has 7 nitrogen and oxygen atoms in total. The molecular formula is C17H27N3O4S. The molecule has 0 atom stereocenters. The monoisotopic (exact) mass is 369 g/mol. The summed E-state index contributed by atoms with van der Waals surface area (Å²) in [5, 5.41) is 0. The van der Waals surface area contributed by atoms with Crippen LogP contribution in [-0.4, -0.2) is 58.1 Å². The highest BCUT2D eigenvalue weighted by Crippen LogP contribution is 2.15. The number of nitrogens with one attached hydrogen (secondary N) is 1. The van der Waals surface area contributed by atoms with Crippen molar-refractivity contribution in [1.82, 2.24) is 9.62 Å². The van der Waals surface area contributed by atoms with Crippen LogP contribution in [0.2, 0.25) is 0 Å². The van der Waals surface area contributed by atoms with Crippen LogP contribution in [0.1, 0.15) is 25.7 Å². The molecule has 1 aliphatic heterocycles. The predicted octanol–water partition coefficient (Wildman–Crippen LogP) is 0.711. The number of hydrogen-bond donors (Lipinski definition) is 2. The fourth-order valence-corrected chi connectivity index (χ4v) is 3.79. The van der Waals surface area contributed by atoms with E-state index >= 15 is 0 Å². The third-order valence-corrected chi connectivity index (χ3v) is 5.66. The lowest BCUT2D eigenvalue weighted by molar-refractivity contribution is -0.133. The third-order valence-electron chi connectivity index (χ3n) is 4.18. The molecular weight excluding hydrogens is 342 g/mol. The zero-order valence-corrected chi connectivity index (χ0v) is 15.2. The Kier molecular flexibility index (Phi) is 7.83. The molecule has 25 heavy (non-hydrogen) atoms. The third kappa shape index (κ3) is 6.39. The lowest BCUT2D eigenvalue weighted by atomic mass is 10.1. The van der Waals surface area contributed by atoms with E-state index in [9.17, 15) is 13.2 Å². The van der Waals surface area contributed by atoms with Gasteiger partial charge in [0.05, 0.1) is 11.0 Å². The number of nitrogens with two attached hydrogens (primary N) is 1. The van der Waals surface area contributed by atoms with E-state index in [0.29, 0.717) is 26.2 Å². The first-order valence-corrected chi connectivity index (χ1v) is 10.2. The van der Waals surface area contributed by atoms with Crippen LogP contribution in [0.4, 0.5) is 0 Å². The van der Waals surface area contributed by atoms with E-state index in [1.165, 1.54) is 12.1 Å². The summed E-state index contributed by atoms with van der Waals surface area (Å²) in [6.07, 6.45) is 2.82. The number of carbonyl (C=O) groups is 1. The Morgan fingerprint density at radius 3 is 2.56 bits per heavy atom. The van der Waals surface area contributed by atoms with Gasteiger partial charge in [0.2, 0.25) is 15.9 Å². The molecule has 0 bridgehead atoms. The molecule has 0 spiro atoms. The highest BCUT2D eigenvalue weighted by Gasteiger charge is 2.23. The second kappa shape index (κ2) is 9.86. The summed E-state index contributed by atoms with van der Waals surface area (Å²) in [5.74, 6) is -0.0313. The molecule has 0 unspecified atom stereocenters. The Bertz CT molecular complexity index is 629. The molecule has 1 aromatic carbocycles. The number of ether oxygens (including phenoxy) is 1. The van der Waals surface area contributed by atoms with Crippen molar-refractivity contribution in [3.05, 3.63) is 30.3 Å². The fraction of sp³-hybridized carbons (Fsp3) is 0.588. The van der Waals surface area contributed by atoms with Gasteiger partial charge in [0.1, 0.15) is 0 Å². The highest BCUT2D eigenvalue weighted by atomic mass is 32.2. The fourth-order valence-electron chi connectivity index (χ4n) is 2.74. The molecule has 0 aromatic heterocycles. The maximum absolute atomic E-state index is 12.2. The van der Waals surface area contributed by atoms with Crippen LogP contribution in [0, 0.1) is 0 Å². The summed E-state index contributed by atoms with van der Waals surface area (Å²) in [6.45, 7) is 2.69. The SMILES string of the molecule is NCCCOC1CCN(C(=O)CCNS(=O)(=O)c2ccccc2)CC1. The normalized spacial score (nSPS) is 16.1. The quantitative estimate of drug-likeness (QED) is 0.624. The lowest BCUT2D eigenvalue weighted by Crippen LogP contribution is -2.42. The molecule has 1 fully saturated rings. The average Bonchev–Trinajstić information content (AvgIpc) is 2.63. The minimum Gasteiger partial charge on any atom is -0.378 e. The van der Waals surface area contributed by atoms with E-state index in [4.69, 9.17) is 10.5 Å². The average molecular weight is 369 g/mol.